The van der Waals surface area contributed by atoms with Crippen LogP contribution in [0.4, 0.5) is 5.13 Å². The fourth-order valence-electron chi connectivity index (χ4n) is 3.75. The molecule has 1 aliphatic heterocycles. The van der Waals surface area contributed by atoms with Crippen LogP contribution in [0.3, 0.4) is 0 Å². The van der Waals surface area contributed by atoms with E-state index >= 15 is 0 Å². The van der Waals surface area contributed by atoms with Gasteiger partial charge in [0.1, 0.15) is 5.75 Å². The van der Waals surface area contributed by atoms with Crippen molar-refractivity contribution in [2.24, 2.45) is 0 Å². The highest BCUT2D eigenvalue weighted by atomic mass is 35.5. The number of carbonyl (C=O) groups excluding carboxylic acids is 1. The number of carbonyl (C=O) groups is 1. The zero-order chi connectivity index (χ0) is 22.3. The molecular weight excluding hydrogens is 476 g/mol. The summed E-state index contributed by atoms with van der Waals surface area (Å²) in [6.07, 6.45) is 0. The fourth-order valence-corrected chi connectivity index (χ4v) is 5.45. The first-order valence-electron chi connectivity index (χ1n) is 11.2. The van der Waals surface area contributed by atoms with Gasteiger partial charge >= 0.3 is 0 Å². The van der Waals surface area contributed by atoms with Gasteiger partial charge in [0.25, 0.3) is 5.91 Å². The van der Waals surface area contributed by atoms with E-state index in [0.29, 0.717) is 13.2 Å². The first kappa shape index (κ1) is 25.6. The summed E-state index contributed by atoms with van der Waals surface area (Å²) in [7, 11) is 0. The molecule has 1 amide bonds. The van der Waals surface area contributed by atoms with E-state index < -0.39 is 0 Å². The van der Waals surface area contributed by atoms with Gasteiger partial charge in [-0.25, -0.2) is 4.98 Å². The normalized spacial score (nSPS) is 14.2. The zero-order valence-electron chi connectivity index (χ0n) is 19.1. The predicted molar refractivity (Wildman–Crippen MR) is 142 cm³/mol. The Morgan fingerprint density at radius 2 is 1.88 bits per heavy atom. The number of aromatic nitrogens is 1. The van der Waals surface area contributed by atoms with Gasteiger partial charge in [-0.1, -0.05) is 18.3 Å². The summed E-state index contributed by atoms with van der Waals surface area (Å²) in [6.45, 7) is 10.2. The molecule has 0 saturated carbocycles. The Morgan fingerprint density at radius 3 is 2.58 bits per heavy atom. The van der Waals surface area contributed by atoms with Crippen molar-refractivity contribution in [2.75, 3.05) is 56.5 Å². The van der Waals surface area contributed by atoms with Gasteiger partial charge in [0.05, 0.1) is 16.8 Å². The maximum Gasteiger partial charge on any atom is 0.251 e. The van der Waals surface area contributed by atoms with Crippen molar-refractivity contribution < 1.29 is 9.53 Å². The van der Waals surface area contributed by atoms with Gasteiger partial charge in [-0.2, -0.15) is 0 Å². The highest BCUT2D eigenvalue weighted by Gasteiger charge is 2.20. The van der Waals surface area contributed by atoms with Crippen molar-refractivity contribution >= 4 is 56.8 Å². The molecule has 0 bridgehead atoms. The number of fused-ring (bicyclic) bond motifs is 1. The highest BCUT2D eigenvalue weighted by molar-refractivity contribution is 7.99. The molecule has 178 valence electrons. The first-order valence-corrected chi connectivity index (χ1v) is 13.0. The molecule has 4 rings (SSSR count). The third-order valence-corrected chi connectivity index (χ3v) is 7.42. The number of ether oxygens (including phenoxy) is 1. The van der Waals surface area contributed by atoms with Crippen LogP contribution in [0, 0.1) is 0 Å². The van der Waals surface area contributed by atoms with E-state index in [9.17, 15) is 4.79 Å². The standard InChI is InChI=1S/C24H30N4O2S2.ClH/c1-3-30-19-7-10-21-22(17-19)32-24(26-21)28-15-13-27(14-16-28)12-11-25-23(29)18-5-8-20(9-6-18)31-4-2;/h5-10,17H,3-4,11-16H2,1-2H3,(H,25,29);1H. The van der Waals surface area contributed by atoms with E-state index in [2.05, 4.69) is 28.1 Å². The Balaban J connectivity index is 0.00000306. The molecule has 0 radical (unpaired) electrons. The lowest BCUT2D eigenvalue weighted by Gasteiger charge is -2.34. The number of thiazole rings is 1. The van der Waals surface area contributed by atoms with Gasteiger partial charge in [0.15, 0.2) is 5.13 Å². The number of benzene rings is 2. The maximum absolute atomic E-state index is 12.4. The van der Waals surface area contributed by atoms with Crippen molar-refractivity contribution in [1.29, 1.82) is 0 Å². The van der Waals surface area contributed by atoms with Gasteiger partial charge in [0.2, 0.25) is 0 Å². The van der Waals surface area contributed by atoms with Crippen LogP contribution in [-0.2, 0) is 0 Å². The summed E-state index contributed by atoms with van der Waals surface area (Å²) in [6, 6.07) is 13.9. The van der Waals surface area contributed by atoms with E-state index in [1.54, 1.807) is 23.1 Å². The minimum absolute atomic E-state index is 0. The summed E-state index contributed by atoms with van der Waals surface area (Å²) in [5.41, 5.74) is 1.75. The highest BCUT2D eigenvalue weighted by Crippen LogP contribution is 2.32. The smallest absolute Gasteiger partial charge is 0.251 e. The number of hydrogen-bond acceptors (Lipinski definition) is 7. The monoisotopic (exact) mass is 506 g/mol. The van der Waals surface area contributed by atoms with Crippen LogP contribution in [0.5, 0.6) is 5.75 Å². The van der Waals surface area contributed by atoms with Crippen LogP contribution >= 0.6 is 35.5 Å². The molecule has 0 atom stereocenters. The van der Waals surface area contributed by atoms with E-state index in [-0.39, 0.29) is 18.3 Å². The second kappa shape index (κ2) is 12.5. The second-order valence-electron chi connectivity index (χ2n) is 7.60. The Kier molecular flexibility index (Phi) is 9.67. The molecule has 0 spiro atoms. The van der Waals surface area contributed by atoms with Crippen molar-refractivity contribution in [3.8, 4) is 5.75 Å². The number of piperazine rings is 1. The summed E-state index contributed by atoms with van der Waals surface area (Å²) in [5, 5.41) is 4.13. The summed E-state index contributed by atoms with van der Waals surface area (Å²) < 4.78 is 6.77. The average Bonchev–Trinajstić information content (AvgIpc) is 3.24. The Bertz CT molecular complexity index is 1040. The largest absolute Gasteiger partial charge is 0.494 e. The van der Waals surface area contributed by atoms with Gasteiger partial charge in [-0.3, -0.25) is 9.69 Å². The van der Waals surface area contributed by atoms with Crippen molar-refractivity contribution in [1.82, 2.24) is 15.2 Å². The van der Waals surface area contributed by atoms with Gasteiger partial charge in [0, 0.05) is 49.7 Å². The topological polar surface area (TPSA) is 57.7 Å². The molecule has 6 nitrogen and oxygen atoms in total. The quantitative estimate of drug-likeness (QED) is 0.421. The average molecular weight is 507 g/mol. The number of halogens is 1. The number of nitrogens with zero attached hydrogens (tertiary/aromatic N) is 3. The first-order chi connectivity index (χ1) is 15.7. The number of nitrogens with one attached hydrogen (secondary N) is 1. The Labute approximate surface area is 210 Å². The minimum Gasteiger partial charge on any atom is -0.494 e. The molecule has 0 aliphatic carbocycles. The summed E-state index contributed by atoms with van der Waals surface area (Å²) >= 11 is 3.51. The lowest BCUT2D eigenvalue weighted by molar-refractivity contribution is 0.0947. The number of thioether (sulfide) groups is 1. The van der Waals surface area contributed by atoms with Crippen LogP contribution in [0.15, 0.2) is 47.4 Å². The number of hydrogen-bond donors (Lipinski definition) is 1. The number of anilines is 1. The van der Waals surface area contributed by atoms with E-state index in [4.69, 9.17) is 9.72 Å². The molecule has 1 aliphatic rings. The number of amides is 1. The van der Waals surface area contributed by atoms with Gasteiger partial charge < -0.3 is 15.0 Å². The summed E-state index contributed by atoms with van der Waals surface area (Å²) in [4.78, 5) is 23.2. The van der Waals surface area contributed by atoms with Crippen LogP contribution in [0.1, 0.15) is 24.2 Å². The molecule has 33 heavy (non-hydrogen) atoms. The third-order valence-electron chi connectivity index (χ3n) is 5.44. The lowest BCUT2D eigenvalue weighted by Crippen LogP contribution is -2.48. The van der Waals surface area contributed by atoms with Crippen LogP contribution in [-0.4, -0.2) is 67.4 Å². The molecule has 1 saturated heterocycles. The van der Waals surface area contributed by atoms with Crippen molar-refractivity contribution in [3.05, 3.63) is 48.0 Å². The molecule has 1 fully saturated rings. The van der Waals surface area contributed by atoms with E-state index in [1.165, 1.54) is 4.90 Å². The lowest BCUT2D eigenvalue weighted by atomic mass is 10.2. The minimum atomic E-state index is -0.00224. The van der Waals surface area contributed by atoms with E-state index in [1.807, 2.05) is 43.3 Å². The molecule has 9 heteroatoms. The zero-order valence-corrected chi connectivity index (χ0v) is 21.5. The van der Waals surface area contributed by atoms with Crippen molar-refractivity contribution in [2.45, 2.75) is 18.7 Å². The Hall–Kier alpha value is -2.00. The Morgan fingerprint density at radius 1 is 1.12 bits per heavy atom. The number of rotatable bonds is 9. The second-order valence-corrected chi connectivity index (χ2v) is 9.95. The van der Waals surface area contributed by atoms with Crippen molar-refractivity contribution in [3.63, 3.8) is 0 Å². The molecule has 3 aromatic rings. The fraction of sp³-hybridized carbons (Fsp3) is 0.417. The molecule has 2 aromatic carbocycles. The summed E-state index contributed by atoms with van der Waals surface area (Å²) in [5.74, 6) is 1.93. The van der Waals surface area contributed by atoms with E-state index in [0.717, 1.165) is 65.1 Å². The third kappa shape index (κ3) is 6.76. The van der Waals surface area contributed by atoms with Crippen LogP contribution in [0.2, 0.25) is 0 Å². The maximum atomic E-state index is 12.4. The molecule has 1 N–H and O–H groups in total. The molecule has 2 heterocycles. The van der Waals surface area contributed by atoms with Gasteiger partial charge in [-0.15, -0.1) is 24.2 Å². The SMILES string of the molecule is CCOc1ccc2nc(N3CCN(CCNC(=O)c4ccc(SCC)cc4)CC3)sc2c1.Cl. The molecule has 0 unspecified atom stereocenters. The van der Waals surface area contributed by atoms with Crippen LogP contribution in [0.25, 0.3) is 10.2 Å². The van der Waals surface area contributed by atoms with Gasteiger partial charge in [-0.05, 0) is 55.1 Å². The van der Waals surface area contributed by atoms with Crippen LogP contribution < -0.4 is 15.0 Å². The predicted octanol–water partition coefficient (Wildman–Crippen LogP) is 4.78. The molecular formula is C24H31ClN4O2S2. The molecule has 1 aromatic heterocycles.